The summed E-state index contributed by atoms with van der Waals surface area (Å²) in [6.07, 6.45) is -2.45. The van der Waals surface area contributed by atoms with Crippen molar-refractivity contribution in [2.45, 2.75) is 12.6 Å². The summed E-state index contributed by atoms with van der Waals surface area (Å²) in [5, 5.41) is 5.40. The van der Waals surface area contributed by atoms with Gasteiger partial charge in [0.15, 0.2) is 0 Å². The first-order valence-electron chi connectivity index (χ1n) is 11.3. The van der Waals surface area contributed by atoms with Crippen molar-refractivity contribution in [3.05, 3.63) is 66.1 Å². The molecule has 0 bridgehead atoms. The van der Waals surface area contributed by atoms with Crippen LogP contribution in [0.4, 0.5) is 35.0 Å². The third kappa shape index (κ3) is 5.33. The molecule has 0 aliphatic carbocycles. The molecule has 4 aromatic rings. The van der Waals surface area contributed by atoms with E-state index in [1.54, 1.807) is 41.9 Å². The Labute approximate surface area is 208 Å². The van der Waals surface area contributed by atoms with Gasteiger partial charge in [-0.15, -0.1) is 0 Å². The average Bonchev–Trinajstić information content (AvgIpc) is 3.49. The standard InChI is InChI=1S/C25H21F4N5O3/c1-34-21-5-3-16(37-17-6-8-30-22(12-17)33-23(35)14-7-9-36-13-14)11-20(21)32-24(34)31-19-10-15(25(27,28)29)2-4-18(19)26/h2-6,8,10-12,14H,7,9,13H2,1H3,(H,31,32)(H,30,33,35). The lowest BCUT2D eigenvalue weighted by Gasteiger charge is -2.11. The Kier molecular flexibility index (Phi) is 6.42. The Morgan fingerprint density at radius 1 is 1.14 bits per heavy atom. The van der Waals surface area contributed by atoms with Gasteiger partial charge in [0.05, 0.1) is 34.8 Å². The van der Waals surface area contributed by atoms with E-state index in [0.29, 0.717) is 60.1 Å². The molecule has 37 heavy (non-hydrogen) atoms. The lowest BCUT2D eigenvalue weighted by atomic mass is 10.1. The van der Waals surface area contributed by atoms with Gasteiger partial charge < -0.3 is 24.7 Å². The van der Waals surface area contributed by atoms with E-state index in [-0.39, 0.29) is 23.5 Å². The number of alkyl halides is 3. The monoisotopic (exact) mass is 515 g/mol. The number of pyridine rings is 1. The maximum absolute atomic E-state index is 14.2. The minimum Gasteiger partial charge on any atom is -0.457 e. The number of imidazole rings is 1. The zero-order chi connectivity index (χ0) is 26.2. The van der Waals surface area contributed by atoms with Gasteiger partial charge in [-0.2, -0.15) is 13.2 Å². The van der Waals surface area contributed by atoms with Crippen LogP contribution in [0.3, 0.4) is 0 Å². The molecule has 2 N–H and O–H groups in total. The summed E-state index contributed by atoms with van der Waals surface area (Å²) in [7, 11) is 1.65. The Morgan fingerprint density at radius 2 is 1.95 bits per heavy atom. The van der Waals surface area contributed by atoms with E-state index in [0.717, 1.165) is 6.07 Å². The highest BCUT2D eigenvalue weighted by Gasteiger charge is 2.31. The van der Waals surface area contributed by atoms with E-state index in [2.05, 4.69) is 20.6 Å². The Balaban J connectivity index is 1.34. The van der Waals surface area contributed by atoms with Gasteiger partial charge in [-0.3, -0.25) is 4.79 Å². The smallest absolute Gasteiger partial charge is 0.416 e. The van der Waals surface area contributed by atoms with Crippen LogP contribution < -0.4 is 15.4 Å². The Bertz CT molecular complexity index is 1460. The highest BCUT2D eigenvalue weighted by Crippen LogP contribution is 2.34. The van der Waals surface area contributed by atoms with Crippen molar-refractivity contribution >= 4 is 34.4 Å². The molecule has 0 spiro atoms. The van der Waals surface area contributed by atoms with Gasteiger partial charge in [0.25, 0.3) is 0 Å². The number of nitrogens with one attached hydrogen (secondary N) is 2. The van der Waals surface area contributed by atoms with E-state index < -0.39 is 17.6 Å². The fourth-order valence-corrected chi connectivity index (χ4v) is 3.92. The molecule has 2 aromatic carbocycles. The average molecular weight is 515 g/mol. The number of anilines is 3. The number of rotatable bonds is 6. The SMILES string of the molecule is Cn1c(Nc2cc(C(F)(F)F)ccc2F)nc2cc(Oc3ccnc(NC(=O)C4CCOC4)c3)ccc21. The Morgan fingerprint density at radius 3 is 2.70 bits per heavy atom. The molecule has 1 aliphatic rings. The first-order valence-corrected chi connectivity index (χ1v) is 11.3. The van der Waals surface area contributed by atoms with Crippen LogP contribution in [-0.4, -0.2) is 33.7 Å². The van der Waals surface area contributed by atoms with Gasteiger partial charge >= 0.3 is 6.18 Å². The van der Waals surface area contributed by atoms with Gasteiger partial charge in [-0.1, -0.05) is 0 Å². The molecule has 3 heterocycles. The number of benzene rings is 2. The second kappa shape index (κ2) is 9.69. The van der Waals surface area contributed by atoms with Gasteiger partial charge in [0.2, 0.25) is 11.9 Å². The predicted octanol–water partition coefficient (Wildman–Crippen LogP) is 5.64. The van der Waals surface area contributed by atoms with Crippen molar-refractivity contribution in [2.75, 3.05) is 23.8 Å². The molecule has 1 amide bonds. The van der Waals surface area contributed by atoms with Crippen molar-refractivity contribution in [3.63, 3.8) is 0 Å². The number of hydrogen-bond acceptors (Lipinski definition) is 6. The van der Waals surface area contributed by atoms with Crippen LogP contribution in [0, 0.1) is 11.7 Å². The van der Waals surface area contributed by atoms with E-state index in [4.69, 9.17) is 9.47 Å². The van der Waals surface area contributed by atoms with Crippen LogP contribution in [0.5, 0.6) is 11.5 Å². The van der Waals surface area contributed by atoms with Crippen LogP contribution in [-0.2, 0) is 22.8 Å². The lowest BCUT2D eigenvalue weighted by molar-refractivity contribution is -0.137. The van der Waals surface area contributed by atoms with E-state index >= 15 is 0 Å². The number of ether oxygens (including phenoxy) is 2. The minimum atomic E-state index is -4.61. The van der Waals surface area contributed by atoms with Crippen molar-refractivity contribution in [2.24, 2.45) is 13.0 Å². The third-order valence-corrected chi connectivity index (χ3v) is 5.91. The number of halogens is 4. The topological polar surface area (TPSA) is 90.3 Å². The molecule has 1 saturated heterocycles. The van der Waals surface area contributed by atoms with E-state index in [1.807, 2.05) is 0 Å². The van der Waals surface area contributed by atoms with Crippen LogP contribution in [0.2, 0.25) is 0 Å². The van der Waals surface area contributed by atoms with Gasteiger partial charge in [-0.05, 0) is 42.8 Å². The molecule has 5 rings (SSSR count). The highest BCUT2D eigenvalue weighted by atomic mass is 19.4. The molecule has 1 aliphatic heterocycles. The molecular formula is C25H21F4N5O3. The third-order valence-electron chi connectivity index (χ3n) is 5.91. The predicted molar refractivity (Wildman–Crippen MR) is 127 cm³/mol. The molecule has 192 valence electrons. The van der Waals surface area contributed by atoms with Crippen molar-refractivity contribution in [1.82, 2.24) is 14.5 Å². The molecule has 1 unspecified atom stereocenters. The molecule has 0 radical (unpaired) electrons. The minimum absolute atomic E-state index is 0.148. The summed E-state index contributed by atoms with van der Waals surface area (Å²) in [4.78, 5) is 20.9. The summed E-state index contributed by atoms with van der Waals surface area (Å²) >= 11 is 0. The van der Waals surface area contributed by atoms with Crippen LogP contribution in [0.15, 0.2) is 54.7 Å². The zero-order valence-corrected chi connectivity index (χ0v) is 19.5. The second-order valence-electron chi connectivity index (χ2n) is 8.49. The summed E-state index contributed by atoms with van der Waals surface area (Å²) in [5.41, 5.74) is -0.210. The van der Waals surface area contributed by atoms with Gasteiger partial charge in [0.1, 0.15) is 23.1 Å². The van der Waals surface area contributed by atoms with Gasteiger partial charge in [-0.25, -0.2) is 14.4 Å². The number of amides is 1. The van der Waals surface area contributed by atoms with Gasteiger partial charge in [0, 0.05) is 32.0 Å². The first kappa shape index (κ1) is 24.5. The summed E-state index contributed by atoms with van der Waals surface area (Å²) in [6.45, 7) is 0.931. The van der Waals surface area contributed by atoms with Crippen LogP contribution in [0.1, 0.15) is 12.0 Å². The van der Waals surface area contributed by atoms with Crippen molar-refractivity contribution in [3.8, 4) is 11.5 Å². The van der Waals surface area contributed by atoms with Crippen molar-refractivity contribution in [1.29, 1.82) is 0 Å². The largest absolute Gasteiger partial charge is 0.457 e. The summed E-state index contributed by atoms with van der Waals surface area (Å²) < 4.78 is 66.1. The Hall–Kier alpha value is -4.19. The molecule has 1 fully saturated rings. The van der Waals surface area contributed by atoms with Crippen LogP contribution in [0.25, 0.3) is 11.0 Å². The zero-order valence-electron chi connectivity index (χ0n) is 19.5. The second-order valence-corrected chi connectivity index (χ2v) is 8.49. The number of aryl methyl sites for hydroxylation is 1. The fraction of sp³-hybridized carbons (Fsp3) is 0.240. The first-order chi connectivity index (χ1) is 17.7. The maximum atomic E-state index is 14.2. The highest BCUT2D eigenvalue weighted by molar-refractivity contribution is 5.92. The molecule has 12 heteroatoms. The van der Waals surface area contributed by atoms with E-state index in [1.165, 1.54) is 6.20 Å². The lowest BCUT2D eigenvalue weighted by Crippen LogP contribution is -2.23. The number of aromatic nitrogens is 3. The maximum Gasteiger partial charge on any atom is 0.416 e. The van der Waals surface area contributed by atoms with Crippen LogP contribution >= 0.6 is 0 Å². The number of carbonyl (C=O) groups is 1. The number of hydrogen-bond donors (Lipinski definition) is 2. The number of nitrogens with zero attached hydrogens (tertiary/aromatic N) is 3. The molecule has 0 saturated carbocycles. The fourth-order valence-electron chi connectivity index (χ4n) is 3.92. The van der Waals surface area contributed by atoms with E-state index in [9.17, 15) is 22.4 Å². The van der Waals surface area contributed by atoms with Crippen molar-refractivity contribution < 1.29 is 31.8 Å². The molecule has 2 aromatic heterocycles. The quantitative estimate of drug-likeness (QED) is 0.323. The number of fused-ring (bicyclic) bond motifs is 1. The molecule has 1 atom stereocenters. The molecule has 8 nitrogen and oxygen atoms in total. The normalized spacial score (nSPS) is 15.6. The summed E-state index contributed by atoms with van der Waals surface area (Å²) in [5.74, 6) is 0.102. The number of carbonyl (C=O) groups excluding carboxylic acids is 1. The summed E-state index contributed by atoms with van der Waals surface area (Å²) in [6, 6.07) is 10.4. The molecular weight excluding hydrogens is 494 g/mol.